The van der Waals surface area contributed by atoms with Crippen molar-refractivity contribution in [3.8, 4) is 0 Å². The largest absolute Gasteiger partial charge is 0.481 e. The highest BCUT2D eigenvalue weighted by atomic mass is 32.2. The molecule has 1 N–H and O–H groups in total. The SMILES string of the molecule is O=C(O)C1CCCC(C(=O)N2CCCS(=O)(=O)CC2)C1. The summed E-state index contributed by atoms with van der Waals surface area (Å²) >= 11 is 0. The zero-order valence-corrected chi connectivity index (χ0v) is 12.3. The van der Waals surface area contributed by atoms with Crippen molar-refractivity contribution in [2.45, 2.75) is 32.1 Å². The van der Waals surface area contributed by atoms with Crippen molar-refractivity contribution in [1.82, 2.24) is 4.90 Å². The van der Waals surface area contributed by atoms with E-state index in [0.29, 0.717) is 32.2 Å². The molecule has 1 aliphatic heterocycles. The van der Waals surface area contributed by atoms with Crippen LogP contribution in [0.25, 0.3) is 0 Å². The second-order valence-electron chi connectivity index (χ2n) is 5.73. The third-order valence-corrected chi connectivity index (χ3v) is 5.96. The van der Waals surface area contributed by atoms with Crippen LogP contribution in [0.4, 0.5) is 0 Å². The predicted molar refractivity (Wildman–Crippen MR) is 72.9 cm³/mol. The summed E-state index contributed by atoms with van der Waals surface area (Å²) in [4.78, 5) is 25.1. The molecule has 1 amide bonds. The summed E-state index contributed by atoms with van der Waals surface area (Å²) in [5.41, 5.74) is 0. The minimum atomic E-state index is -3.03. The van der Waals surface area contributed by atoms with E-state index in [0.717, 1.165) is 6.42 Å². The molecule has 1 saturated heterocycles. The highest BCUT2D eigenvalue weighted by molar-refractivity contribution is 7.91. The van der Waals surface area contributed by atoms with Crippen LogP contribution in [0.3, 0.4) is 0 Å². The van der Waals surface area contributed by atoms with Gasteiger partial charge in [-0.1, -0.05) is 6.42 Å². The van der Waals surface area contributed by atoms with Crippen LogP contribution in [0, 0.1) is 11.8 Å². The quantitative estimate of drug-likeness (QED) is 0.803. The fraction of sp³-hybridized carbons (Fsp3) is 0.846. The summed E-state index contributed by atoms with van der Waals surface area (Å²) in [5, 5.41) is 9.06. The summed E-state index contributed by atoms with van der Waals surface area (Å²) in [6, 6.07) is 0. The van der Waals surface area contributed by atoms with Crippen LogP contribution < -0.4 is 0 Å². The Morgan fingerprint density at radius 1 is 1.00 bits per heavy atom. The van der Waals surface area contributed by atoms with Crippen LogP contribution in [0.2, 0.25) is 0 Å². The van der Waals surface area contributed by atoms with E-state index in [4.69, 9.17) is 5.11 Å². The monoisotopic (exact) mass is 303 g/mol. The van der Waals surface area contributed by atoms with Gasteiger partial charge in [0.05, 0.1) is 17.4 Å². The molecule has 0 aromatic carbocycles. The van der Waals surface area contributed by atoms with Crippen molar-refractivity contribution >= 4 is 21.7 Å². The van der Waals surface area contributed by atoms with Crippen molar-refractivity contribution in [2.75, 3.05) is 24.6 Å². The molecule has 2 fully saturated rings. The Hall–Kier alpha value is -1.11. The van der Waals surface area contributed by atoms with Gasteiger partial charge < -0.3 is 10.0 Å². The molecular weight excluding hydrogens is 282 g/mol. The molecule has 1 aliphatic carbocycles. The molecule has 0 radical (unpaired) electrons. The first-order chi connectivity index (χ1) is 9.39. The van der Waals surface area contributed by atoms with Gasteiger partial charge in [-0.15, -0.1) is 0 Å². The fourth-order valence-corrected chi connectivity index (χ4v) is 4.33. The van der Waals surface area contributed by atoms with Crippen LogP contribution >= 0.6 is 0 Å². The van der Waals surface area contributed by atoms with Gasteiger partial charge in [0.25, 0.3) is 0 Å². The molecule has 114 valence electrons. The van der Waals surface area contributed by atoms with Gasteiger partial charge in [-0.2, -0.15) is 0 Å². The van der Waals surface area contributed by atoms with Crippen LogP contribution in [-0.4, -0.2) is 54.9 Å². The smallest absolute Gasteiger partial charge is 0.306 e. The lowest BCUT2D eigenvalue weighted by Crippen LogP contribution is -2.40. The Balaban J connectivity index is 1.98. The summed E-state index contributed by atoms with van der Waals surface area (Å²) in [7, 11) is -3.03. The molecule has 20 heavy (non-hydrogen) atoms. The molecule has 0 bridgehead atoms. The third-order valence-electron chi connectivity index (χ3n) is 4.24. The lowest BCUT2D eigenvalue weighted by molar-refractivity contribution is -0.145. The minimum Gasteiger partial charge on any atom is -0.481 e. The zero-order chi connectivity index (χ0) is 14.8. The van der Waals surface area contributed by atoms with Gasteiger partial charge in [0.2, 0.25) is 5.91 Å². The third kappa shape index (κ3) is 3.71. The highest BCUT2D eigenvalue weighted by Crippen LogP contribution is 2.30. The molecule has 2 unspecified atom stereocenters. The first kappa shape index (κ1) is 15.3. The topological polar surface area (TPSA) is 91.8 Å². The fourth-order valence-electron chi connectivity index (χ4n) is 3.06. The minimum absolute atomic E-state index is 0.0216. The van der Waals surface area contributed by atoms with Crippen molar-refractivity contribution in [1.29, 1.82) is 0 Å². The normalized spacial score (nSPS) is 30.5. The maximum absolute atomic E-state index is 12.4. The number of carboxylic acid groups (broad SMARTS) is 1. The number of sulfone groups is 1. The van der Waals surface area contributed by atoms with Crippen LogP contribution in [0.15, 0.2) is 0 Å². The molecule has 1 saturated carbocycles. The number of hydrogen-bond donors (Lipinski definition) is 1. The van der Waals surface area contributed by atoms with E-state index in [1.807, 2.05) is 0 Å². The number of carbonyl (C=O) groups is 2. The second kappa shape index (κ2) is 6.11. The van der Waals surface area contributed by atoms with E-state index in [-0.39, 0.29) is 29.9 Å². The molecule has 2 aliphatic rings. The van der Waals surface area contributed by atoms with Crippen LogP contribution in [0.5, 0.6) is 0 Å². The summed E-state index contributed by atoms with van der Waals surface area (Å²) < 4.78 is 23.1. The predicted octanol–water partition coefficient (Wildman–Crippen LogP) is 0.525. The Kier molecular flexibility index (Phi) is 4.67. The number of hydrogen-bond acceptors (Lipinski definition) is 4. The molecule has 7 heteroatoms. The molecule has 2 rings (SSSR count). The van der Waals surface area contributed by atoms with E-state index in [1.165, 1.54) is 0 Å². The van der Waals surface area contributed by atoms with Crippen LogP contribution in [0.1, 0.15) is 32.1 Å². The maximum atomic E-state index is 12.4. The van der Waals surface area contributed by atoms with Gasteiger partial charge >= 0.3 is 5.97 Å². The second-order valence-corrected chi connectivity index (χ2v) is 8.03. The number of amides is 1. The van der Waals surface area contributed by atoms with Gasteiger partial charge in [0.15, 0.2) is 9.84 Å². The molecule has 2 atom stereocenters. The number of carboxylic acids is 1. The van der Waals surface area contributed by atoms with Gasteiger partial charge in [-0.3, -0.25) is 9.59 Å². The summed E-state index contributed by atoms with van der Waals surface area (Å²) in [6.45, 7) is 0.710. The van der Waals surface area contributed by atoms with E-state index >= 15 is 0 Å². The number of nitrogens with zero attached hydrogens (tertiary/aromatic N) is 1. The maximum Gasteiger partial charge on any atom is 0.306 e. The van der Waals surface area contributed by atoms with Gasteiger partial charge in [0, 0.05) is 19.0 Å². The first-order valence-corrected chi connectivity index (χ1v) is 8.93. The van der Waals surface area contributed by atoms with Gasteiger partial charge in [0.1, 0.15) is 0 Å². The Bertz CT molecular complexity index is 487. The molecular formula is C13H21NO5S. The van der Waals surface area contributed by atoms with Crippen LogP contribution in [-0.2, 0) is 19.4 Å². The molecule has 1 heterocycles. The van der Waals surface area contributed by atoms with E-state index < -0.39 is 21.7 Å². The summed E-state index contributed by atoms with van der Waals surface area (Å²) in [5.74, 6) is -1.43. The van der Waals surface area contributed by atoms with E-state index in [2.05, 4.69) is 0 Å². The standard InChI is InChI=1S/C13H21NO5S/c15-12(10-3-1-4-11(9-10)13(16)17)14-5-2-7-20(18,19)8-6-14/h10-11H,1-9H2,(H,16,17). The van der Waals surface area contributed by atoms with Crippen molar-refractivity contribution < 1.29 is 23.1 Å². The average molecular weight is 303 g/mol. The highest BCUT2D eigenvalue weighted by Gasteiger charge is 2.34. The van der Waals surface area contributed by atoms with Crippen molar-refractivity contribution in [3.05, 3.63) is 0 Å². The Morgan fingerprint density at radius 3 is 2.40 bits per heavy atom. The van der Waals surface area contributed by atoms with E-state index in [1.54, 1.807) is 4.90 Å². The van der Waals surface area contributed by atoms with E-state index in [9.17, 15) is 18.0 Å². The number of aliphatic carboxylic acids is 1. The van der Waals surface area contributed by atoms with Crippen molar-refractivity contribution in [3.63, 3.8) is 0 Å². The lowest BCUT2D eigenvalue weighted by atomic mass is 9.80. The first-order valence-electron chi connectivity index (χ1n) is 7.11. The Labute approximate surface area is 119 Å². The molecule has 0 aromatic rings. The Morgan fingerprint density at radius 2 is 1.70 bits per heavy atom. The summed E-state index contributed by atoms with van der Waals surface area (Å²) in [6.07, 6.45) is 2.96. The number of carbonyl (C=O) groups excluding carboxylic acids is 1. The average Bonchev–Trinajstić information content (AvgIpc) is 2.59. The lowest BCUT2D eigenvalue weighted by Gasteiger charge is -2.30. The van der Waals surface area contributed by atoms with Gasteiger partial charge in [-0.25, -0.2) is 8.42 Å². The molecule has 6 nitrogen and oxygen atoms in total. The van der Waals surface area contributed by atoms with Gasteiger partial charge in [-0.05, 0) is 25.7 Å². The number of rotatable bonds is 2. The zero-order valence-electron chi connectivity index (χ0n) is 11.5. The molecule has 0 spiro atoms. The van der Waals surface area contributed by atoms with Crippen molar-refractivity contribution in [2.24, 2.45) is 11.8 Å². The molecule has 0 aromatic heterocycles.